The van der Waals surface area contributed by atoms with E-state index in [1.54, 1.807) is 24.7 Å². The van der Waals surface area contributed by atoms with Crippen molar-refractivity contribution in [3.05, 3.63) is 42.4 Å². The Morgan fingerprint density at radius 1 is 1.27 bits per heavy atom. The number of aromatic nitrogens is 1. The number of nitrogens with zero attached hydrogens (tertiary/aromatic N) is 2. The molecule has 0 unspecified atom stereocenters. The topological polar surface area (TPSA) is 84.7 Å². The summed E-state index contributed by atoms with van der Waals surface area (Å²) in [5.74, 6) is 0.699. The Labute approximate surface area is 129 Å². The van der Waals surface area contributed by atoms with Crippen molar-refractivity contribution in [3.63, 3.8) is 0 Å². The van der Waals surface area contributed by atoms with Crippen molar-refractivity contribution < 1.29 is 17.6 Å². The number of hydrogen-bond acceptors (Lipinski definition) is 5. The fraction of sp³-hybridized carbons (Fsp3) is 0.357. The summed E-state index contributed by atoms with van der Waals surface area (Å²) in [6.07, 6.45) is 4.90. The van der Waals surface area contributed by atoms with E-state index in [0.717, 1.165) is 11.1 Å². The van der Waals surface area contributed by atoms with Crippen molar-refractivity contribution in [2.75, 3.05) is 26.3 Å². The summed E-state index contributed by atoms with van der Waals surface area (Å²) < 4.78 is 38.8. The highest BCUT2D eigenvalue weighted by atomic mass is 32.2. The molecule has 0 amide bonds. The highest BCUT2D eigenvalue weighted by Crippen LogP contribution is 2.19. The van der Waals surface area contributed by atoms with Gasteiger partial charge in [-0.05, 0) is 23.8 Å². The lowest BCUT2D eigenvalue weighted by Crippen LogP contribution is -2.46. The number of nitrogens with one attached hydrogen (secondary N) is 1. The third kappa shape index (κ3) is 3.53. The SMILES string of the molecule is O=S(=O)(NCc1cncc(-c2ccco2)c1)N1CCOCC1. The van der Waals surface area contributed by atoms with Crippen LogP contribution in [-0.2, 0) is 21.5 Å². The van der Waals surface area contributed by atoms with E-state index >= 15 is 0 Å². The number of pyridine rings is 1. The first-order valence-electron chi connectivity index (χ1n) is 6.95. The van der Waals surface area contributed by atoms with E-state index in [-0.39, 0.29) is 6.54 Å². The average molecular weight is 323 g/mol. The van der Waals surface area contributed by atoms with Gasteiger partial charge in [0.05, 0.1) is 19.5 Å². The quantitative estimate of drug-likeness (QED) is 0.887. The van der Waals surface area contributed by atoms with Crippen LogP contribution >= 0.6 is 0 Å². The van der Waals surface area contributed by atoms with Gasteiger partial charge >= 0.3 is 0 Å². The predicted molar refractivity (Wildman–Crippen MR) is 80.1 cm³/mol. The summed E-state index contributed by atoms with van der Waals surface area (Å²) in [6.45, 7) is 1.79. The standard InChI is InChI=1S/C14H17N3O4S/c18-22(19,17-3-6-20-7-4-17)16-10-12-8-13(11-15-9-12)14-2-1-5-21-14/h1-2,5,8-9,11,16H,3-4,6-7,10H2. The second-order valence-corrected chi connectivity index (χ2v) is 6.65. The normalized spacial score (nSPS) is 16.7. The molecule has 0 aliphatic carbocycles. The van der Waals surface area contributed by atoms with Gasteiger partial charge in [0.15, 0.2) is 0 Å². The summed E-state index contributed by atoms with van der Waals surface area (Å²) in [7, 11) is -3.50. The van der Waals surface area contributed by atoms with E-state index in [9.17, 15) is 8.42 Å². The molecule has 0 spiro atoms. The average Bonchev–Trinajstić information content (AvgIpc) is 3.09. The summed E-state index contributed by atoms with van der Waals surface area (Å²) in [5, 5.41) is 0. The largest absolute Gasteiger partial charge is 0.464 e. The molecule has 1 fully saturated rings. The molecule has 2 aromatic heterocycles. The molecule has 0 aromatic carbocycles. The van der Waals surface area contributed by atoms with Crippen LogP contribution < -0.4 is 4.72 Å². The molecule has 0 saturated carbocycles. The molecule has 0 atom stereocenters. The molecular formula is C14H17N3O4S. The molecule has 1 saturated heterocycles. The molecule has 2 aromatic rings. The highest BCUT2D eigenvalue weighted by molar-refractivity contribution is 7.87. The Kier molecular flexibility index (Phi) is 4.53. The van der Waals surface area contributed by atoms with Crippen LogP contribution in [0.1, 0.15) is 5.56 Å². The zero-order valence-corrected chi connectivity index (χ0v) is 12.8. The number of ether oxygens (including phenoxy) is 1. The molecule has 3 heterocycles. The van der Waals surface area contributed by atoms with Crippen LogP contribution in [0.3, 0.4) is 0 Å². The molecule has 0 bridgehead atoms. The summed E-state index contributed by atoms with van der Waals surface area (Å²) in [5.41, 5.74) is 1.58. The first kappa shape index (κ1) is 15.2. The van der Waals surface area contributed by atoms with Gasteiger partial charge in [-0.15, -0.1) is 0 Å². The predicted octanol–water partition coefficient (Wildman–Crippen LogP) is 1.01. The van der Waals surface area contributed by atoms with Crippen LogP contribution in [0.25, 0.3) is 11.3 Å². The van der Waals surface area contributed by atoms with Gasteiger partial charge in [-0.25, -0.2) is 0 Å². The van der Waals surface area contributed by atoms with Crippen LogP contribution in [0.2, 0.25) is 0 Å². The first-order valence-corrected chi connectivity index (χ1v) is 8.39. The minimum Gasteiger partial charge on any atom is -0.464 e. The van der Waals surface area contributed by atoms with E-state index < -0.39 is 10.2 Å². The fourth-order valence-electron chi connectivity index (χ4n) is 2.21. The third-order valence-corrected chi connectivity index (χ3v) is 4.92. The molecule has 1 aliphatic rings. The molecule has 1 N–H and O–H groups in total. The zero-order valence-electron chi connectivity index (χ0n) is 11.9. The van der Waals surface area contributed by atoms with Gasteiger partial charge in [-0.2, -0.15) is 17.4 Å². The fourth-order valence-corrected chi connectivity index (χ4v) is 3.38. The van der Waals surface area contributed by atoms with Crippen molar-refractivity contribution in [2.24, 2.45) is 0 Å². The Hall–Kier alpha value is -1.74. The van der Waals surface area contributed by atoms with Crippen LogP contribution in [0, 0.1) is 0 Å². The summed E-state index contributed by atoms with van der Waals surface area (Å²) >= 11 is 0. The van der Waals surface area contributed by atoms with Gasteiger partial charge in [-0.3, -0.25) is 4.98 Å². The Balaban J connectivity index is 1.67. The maximum atomic E-state index is 12.2. The van der Waals surface area contributed by atoms with Gasteiger partial charge < -0.3 is 9.15 Å². The molecule has 1 aliphatic heterocycles. The summed E-state index contributed by atoms with van der Waals surface area (Å²) in [6, 6.07) is 5.48. The van der Waals surface area contributed by atoms with Crippen LogP contribution in [0.4, 0.5) is 0 Å². The van der Waals surface area contributed by atoms with Crippen LogP contribution in [0.5, 0.6) is 0 Å². The molecule has 118 valence electrons. The summed E-state index contributed by atoms with van der Waals surface area (Å²) in [4.78, 5) is 4.13. The monoisotopic (exact) mass is 323 g/mol. The van der Waals surface area contributed by atoms with E-state index in [0.29, 0.717) is 32.1 Å². The number of morpholine rings is 1. The molecular weight excluding hydrogens is 306 g/mol. The van der Waals surface area contributed by atoms with Crippen LogP contribution in [0.15, 0.2) is 41.3 Å². The maximum Gasteiger partial charge on any atom is 0.279 e. The van der Waals surface area contributed by atoms with E-state index in [4.69, 9.17) is 9.15 Å². The first-order chi connectivity index (χ1) is 10.6. The van der Waals surface area contributed by atoms with Gasteiger partial charge in [-0.1, -0.05) is 0 Å². The van der Waals surface area contributed by atoms with Crippen molar-refractivity contribution >= 4 is 10.2 Å². The number of hydrogen-bond donors (Lipinski definition) is 1. The molecule has 22 heavy (non-hydrogen) atoms. The Morgan fingerprint density at radius 2 is 2.09 bits per heavy atom. The molecule has 7 nitrogen and oxygen atoms in total. The second kappa shape index (κ2) is 6.57. The Bertz CT molecular complexity index is 709. The molecule has 8 heteroatoms. The lowest BCUT2D eigenvalue weighted by Gasteiger charge is -2.26. The number of furan rings is 1. The lowest BCUT2D eigenvalue weighted by molar-refractivity contribution is 0.0725. The van der Waals surface area contributed by atoms with Gasteiger partial charge in [0, 0.05) is 37.6 Å². The van der Waals surface area contributed by atoms with E-state index in [1.807, 2.05) is 12.1 Å². The van der Waals surface area contributed by atoms with Crippen molar-refractivity contribution in [2.45, 2.75) is 6.54 Å². The van der Waals surface area contributed by atoms with Gasteiger partial charge in [0.2, 0.25) is 0 Å². The molecule has 0 radical (unpaired) electrons. The van der Waals surface area contributed by atoms with E-state index in [2.05, 4.69) is 9.71 Å². The van der Waals surface area contributed by atoms with Crippen molar-refractivity contribution in [3.8, 4) is 11.3 Å². The minimum atomic E-state index is -3.50. The Morgan fingerprint density at radius 3 is 2.82 bits per heavy atom. The zero-order chi connectivity index (χ0) is 15.4. The van der Waals surface area contributed by atoms with Crippen molar-refractivity contribution in [1.29, 1.82) is 0 Å². The van der Waals surface area contributed by atoms with E-state index in [1.165, 1.54) is 4.31 Å². The van der Waals surface area contributed by atoms with Gasteiger partial charge in [0.25, 0.3) is 10.2 Å². The van der Waals surface area contributed by atoms with Crippen LogP contribution in [-0.4, -0.2) is 44.0 Å². The molecule has 3 rings (SSSR count). The number of rotatable bonds is 5. The minimum absolute atomic E-state index is 0.182. The highest BCUT2D eigenvalue weighted by Gasteiger charge is 2.23. The lowest BCUT2D eigenvalue weighted by atomic mass is 10.2. The van der Waals surface area contributed by atoms with Crippen molar-refractivity contribution in [1.82, 2.24) is 14.0 Å². The third-order valence-electron chi connectivity index (χ3n) is 3.37. The second-order valence-electron chi connectivity index (χ2n) is 4.90. The smallest absolute Gasteiger partial charge is 0.279 e. The van der Waals surface area contributed by atoms with Gasteiger partial charge in [0.1, 0.15) is 5.76 Å². The maximum absolute atomic E-state index is 12.2.